The van der Waals surface area contributed by atoms with E-state index in [2.05, 4.69) is 9.88 Å². The molecule has 0 amide bonds. The van der Waals surface area contributed by atoms with Crippen molar-refractivity contribution in [3.05, 3.63) is 24.1 Å². The molecule has 3 heterocycles. The van der Waals surface area contributed by atoms with Crippen molar-refractivity contribution in [2.24, 2.45) is 0 Å². The van der Waals surface area contributed by atoms with Crippen LogP contribution in [0.2, 0.25) is 0 Å². The Hall–Kier alpha value is -1.44. The second kappa shape index (κ2) is 6.70. The Morgan fingerprint density at radius 3 is 2.80 bits per heavy atom. The lowest BCUT2D eigenvalue weighted by Crippen LogP contribution is -2.37. The van der Waals surface area contributed by atoms with Crippen LogP contribution in [0.5, 0.6) is 0 Å². The fourth-order valence-electron chi connectivity index (χ4n) is 3.83. The van der Waals surface area contributed by atoms with Gasteiger partial charge in [-0.2, -0.15) is 0 Å². The Labute approximate surface area is 148 Å². The molecule has 7 heteroatoms. The minimum absolute atomic E-state index is 0.0892. The molecule has 2 aliphatic heterocycles. The third-order valence-electron chi connectivity index (χ3n) is 5.39. The first-order valence-corrected chi connectivity index (χ1v) is 10.7. The number of nitrogens with zero attached hydrogens (tertiary/aromatic N) is 2. The van der Waals surface area contributed by atoms with E-state index in [1.165, 1.54) is 0 Å². The van der Waals surface area contributed by atoms with E-state index in [0.717, 1.165) is 51.5 Å². The highest BCUT2D eigenvalue weighted by Gasteiger charge is 2.32. The number of rotatable bonds is 4. The Morgan fingerprint density at radius 1 is 1.24 bits per heavy atom. The lowest BCUT2D eigenvalue weighted by Gasteiger charge is -2.30. The quantitative estimate of drug-likeness (QED) is 0.830. The normalized spacial score (nSPS) is 23.5. The molecule has 25 heavy (non-hydrogen) atoms. The van der Waals surface area contributed by atoms with Crippen LogP contribution in [-0.2, 0) is 14.6 Å². The number of hydrogen-bond donors (Lipinski definition) is 0. The van der Waals surface area contributed by atoms with Gasteiger partial charge in [-0.25, -0.2) is 13.4 Å². The highest BCUT2D eigenvalue weighted by Crippen LogP contribution is 2.32. The number of fused-ring (bicyclic) bond motifs is 1. The van der Waals surface area contributed by atoms with Gasteiger partial charge in [0.2, 0.25) is 0 Å². The number of hydrogen-bond acceptors (Lipinski definition) is 6. The summed E-state index contributed by atoms with van der Waals surface area (Å²) in [6.45, 7) is 5.37. The van der Waals surface area contributed by atoms with Crippen molar-refractivity contribution in [2.45, 2.75) is 43.0 Å². The zero-order chi connectivity index (χ0) is 17.4. The van der Waals surface area contributed by atoms with Crippen molar-refractivity contribution < 1.29 is 17.6 Å². The molecule has 136 valence electrons. The monoisotopic (exact) mass is 364 g/mol. The van der Waals surface area contributed by atoms with E-state index in [9.17, 15) is 8.42 Å². The smallest absolute Gasteiger partial charge is 0.199 e. The van der Waals surface area contributed by atoms with Crippen LogP contribution in [0.1, 0.15) is 38.0 Å². The van der Waals surface area contributed by atoms with Crippen LogP contribution >= 0.6 is 0 Å². The van der Waals surface area contributed by atoms with Crippen molar-refractivity contribution in [2.75, 3.05) is 32.1 Å². The average molecular weight is 364 g/mol. The van der Waals surface area contributed by atoms with Gasteiger partial charge in [-0.15, -0.1) is 0 Å². The van der Waals surface area contributed by atoms with Gasteiger partial charge in [0.25, 0.3) is 0 Å². The number of aromatic nitrogens is 1. The Morgan fingerprint density at radius 2 is 2.04 bits per heavy atom. The standard InChI is InChI=1S/C18H24N2O4S/c1-2-25(21,22)15-3-4-17-16(11-15)19-18(24-17)13-5-8-20(12-13)14-6-9-23-10-7-14/h3-4,11,13-14H,2,5-10,12H2,1H3/t13-/m0/s1. The molecular weight excluding hydrogens is 340 g/mol. The number of ether oxygens (including phenoxy) is 1. The van der Waals surface area contributed by atoms with E-state index in [4.69, 9.17) is 9.15 Å². The first kappa shape index (κ1) is 17.0. The molecular formula is C18H24N2O4S. The van der Waals surface area contributed by atoms with E-state index < -0.39 is 9.84 Å². The summed E-state index contributed by atoms with van der Waals surface area (Å²) in [7, 11) is -3.22. The van der Waals surface area contributed by atoms with Gasteiger partial charge in [-0.1, -0.05) is 6.92 Å². The molecule has 0 N–H and O–H groups in total. The predicted molar refractivity (Wildman–Crippen MR) is 94.5 cm³/mol. The Balaban J connectivity index is 1.54. The molecule has 1 atom stereocenters. The lowest BCUT2D eigenvalue weighted by atomic mass is 10.1. The van der Waals surface area contributed by atoms with Gasteiger partial charge in [0.05, 0.1) is 10.6 Å². The van der Waals surface area contributed by atoms with Crippen molar-refractivity contribution in [3.63, 3.8) is 0 Å². The molecule has 1 aromatic heterocycles. The molecule has 4 rings (SSSR count). The second-order valence-electron chi connectivity index (χ2n) is 6.91. The SMILES string of the molecule is CCS(=O)(=O)c1ccc2oc([C@H]3CCN(C4CCOCC4)C3)nc2c1. The summed E-state index contributed by atoms with van der Waals surface area (Å²) in [6, 6.07) is 5.56. The second-order valence-corrected chi connectivity index (χ2v) is 9.19. The van der Waals surface area contributed by atoms with Gasteiger partial charge in [-0.05, 0) is 44.0 Å². The van der Waals surface area contributed by atoms with Crippen LogP contribution in [-0.4, -0.2) is 56.4 Å². The fourth-order valence-corrected chi connectivity index (χ4v) is 4.73. The van der Waals surface area contributed by atoms with Crippen molar-refractivity contribution in [1.29, 1.82) is 0 Å². The van der Waals surface area contributed by atoms with Gasteiger partial charge in [0.15, 0.2) is 21.3 Å². The molecule has 0 radical (unpaired) electrons. The maximum Gasteiger partial charge on any atom is 0.199 e. The van der Waals surface area contributed by atoms with Gasteiger partial charge in [0, 0.05) is 31.7 Å². The Bertz CT molecular complexity index is 855. The van der Waals surface area contributed by atoms with E-state index in [-0.39, 0.29) is 11.7 Å². The molecule has 1 aromatic carbocycles. The maximum absolute atomic E-state index is 12.1. The molecule has 6 nitrogen and oxygen atoms in total. The van der Waals surface area contributed by atoms with Gasteiger partial charge in [-0.3, -0.25) is 4.90 Å². The minimum atomic E-state index is -3.22. The Kier molecular flexibility index (Phi) is 4.56. The van der Waals surface area contributed by atoms with Gasteiger partial charge >= 0.3 is 0 Å². The van der Waals surface area contributed by atoms with Crippen LogP contribution < -0.4 is 0 Å². The maximum atomic E-state index is 12.1. The first-order chi connectivity index (χ1) is 12.1. The molecule has 2 aromatic rings. The van der Waals surface area contributed by atoms with Crippen LogP contribution in [0.15, 0.2) is 27.5 Å². The molecule has 0 spiro atoms. The summed E-state index contributed by atoms with van der Waals surface area (Å²) in [5, 5.41) is 0. The topological polar surface area (TPSA) is 72.6 Å². The zero-order valence-electron chi connectivity index (χ0n) is 14.5. The van der Waals surface area contributed by atoms with E-state index in [1.807, 2.05) is 0 Å². The molecule has 0 bridgehead atoms. The third-order valence-corrected chi connectivity index (χ3v) is 7.12. The number of sulfone groups is 1. The predicted octanol–water partition coefficient (Wildman–Crippen LogP) is 2.59. The first-order valence-electron chi connectivity index (χ1n) is 9.02. The number of oxazole rings is 1. The van der Waals surface area contributed by atoms with E-state index in [0.29, 0.717) is 22.0 Å². The number of benzene rings is 1. The summed E-state index contributed by atoms with van der Waals surface area (Å²) < 4.78 is 35.5. The van der Waals surface area contributed by atoms with Crippen LogP contribution in [0.4, 0.5) is 0 Å². The highest BCUT2D eigenvalue weighted by atomic mass is 32.2. The summed E-state index contributed by atoms with van der Waals surface area (Å²) in [5.41, 5.74) is 1.30. The zero-order valence-corrected chi connectivity index (χ0v) is 15.3. The summed E-state index contributed by atoms with van der Waals surface area (Å²) in [6.07, 6.45) is 3.22. The van der Waals surface area contributed by atoms with Crippen molar-refractivity contribution >= 4 is 20.9 Å². The third kappa shape index (κ3) is 3.32. The van der Waals surface area contributed by atoms with Crippen LogP contribution in [0, 0.1) is 0 Å². The van der Waals surface area contributed by atoms with E-state index in [1.54, 1.807) is 25.1 Å². The largest absolute Gasteiger partial charge is 0.440 e. The van der Waals surface area contributed by atoms with Crippen molar-refractivity contribution in [3.8, 4) is 0 Å². The molecule has 0 saturated carbocycles. The highest BCUT2D eigenvalue weighted by molar-refractivity contribution is 7.91. The van der Waals surface area contributed by atoms with Crippen LogP contribution in [0.25, 0.3) is 11.1 Å². The summed E-state index contributed by atoms with van der Waals surface area (Å²) in [4.78, 5) is 7.44. The molecule has 2 fully saturated rings. The summed E-state index contributed by atoms with van der Waals surface area (Å²) >= 11 is 0. The lowest BCUT2D eigenvalue weighted by molar-refractivity contribution is 0.0417. The fraction of sp³-hybridized carbons (Fsp3) is 0.611. The van der Waals surface area contributed by atoms with Crippen LogP contribution in [0.3, 0.4) is 0 Å². The van der Waals surface area contributed by atoms with E-state index >= 15 is 0 Å². The molecule has 0 unspecified atom stereocenters. The van der Waals surface area contributed by atoms with Crippen molar-refractivity contribution in [1.82, 2.24) is 9.88 Å². The van der Waals surface area contributed by atoms with Gasteiger partial charge < -0.3 is 9.15 Å². The minimum Gasteiger partial charge on any atom is -0.440 e. The van der Waals surface area contributed by atoms with Gasteiger partial charge in [0.1, 0.15) is 5.52 Å². The molecule has 2 aliphatic rings. The molecule has 2 saturated heterocycles. The summed E-state index contributed by atoms with van der Waals surface area (Å²) in [5.74, 6) is 1.10. The molecule has 0 aliphatic carbocycles. The number of likely N-dealkylation sites (tertiary alicyclic amines) is 1. The average Bonchev–Trinajstić information content (AvgIpc) is 3.28.